The molecule has 0 saturated carbocycles. The largest absolute Gasteiger partial charge is 0.481 e. The number of aromatic amines is 1. The number of benzene rings is 1. The van der Waals surface area contributed by atoms with Crippen LogP contribution in [-0.2, 0) is 9.53 Å². The number of carbonyl (C=O) groups is 1. The van der Waals surface area contributed by atoms with Crippen molar-refractivity contribution < 1.29 is 14.6 Å². The molecule has 0 spiro atoms. The van der Waals surface area contributed by atoms with Crippen LogP contribution in [0.3, 0.4) is 0 Å². The third-order valence-corrected chi connectivity index (χ3v) is 6.02. The van der Waals surface area contributed by atoms with E-state index in [0.29, 0.717) is 12.5 Å². The average Bonchev–Trinajstić information content (AvgIpc) is 3.28. The minimum Gasteiger partial charge on any atom is -0.481 e. The summed E-state index contributed by atoms with van der Waals surface area (Å²) in [5.74, 6) is 0.0959. The standard InChI is InChI=1S/C19H23N3O3S/c23-17(24)5-4-14-11-26-19(21-14)16-10-12-2-1-3-15(18(12)22-16)20-13-6-8-25-9-7-13/h1-3,10,13-14,20,22H,4-9,11H2,(H,23,24). The first-order valence-corrected chi connectivity index (χ1v) is 10.1. The number of thioether (sulfide) groups is 1. The van der Waals surface area contributed by atoms with Gasteiger partial charge in [-0.15, -0.1) is 11.8 Å². The lowest BCUT2D eigenvalue weighted by molar-refractivity contribution is -0.137. The predicted octanol–water partition coefficient (Wildman–Crippen LogP) is 3.49. The topological polar surface area (TPSA) is 86.7 Å². The highest BCUT2D eigenvalue weighted by Crippen LogP contribution is 2.30. The lowest BCUT2D eigenvalue weighted by atomic mass is 10.1. The number of nitrogens with zero attached hydrogens (tertiary/aromatic N) is 1. The van der Waals surface area contributed by atoms with E-state index >= 15 is 0 Å². The van der Waals surface area contributed by atoms with Crippen LogP contribution >= 0.6 is 11.8 Å². The van der Waals surface area contributed by atoms with Crippen LogP contribution in [0.2, 0.25) is 0 Å². The second-order valence-electron chi connectivity index (χ2n) is 6.82. The van der Waals surface area contributed by atoms with Crippen LogP contribution in [-0.4, -0.2) is 52.2 Å². The SMILES string of the molecule is O=C(O)CCC1CSC(c2cc3cccc(NC4CCOCC4)c3[nH]2)=N1. The molecule has 0 amide bonds. The summed E-state index contributed by atoms with van der Waals surface area (Å²) in [4.78, 5) is 19.0. The van der Waals surface area contributed by atoms with Crippen molar-refractivity contribution in [2.24, 2.45) is 4.99 Å². The quantitative estimate of drug-likeness (QED) is 0.722. The highest BCUT2D eigenvalue weighted by molar-refractivity contribution is 8.14. The zero-order chi connectivity index (χ0) is 17.9. The van der Waals surface area contributed by atoms with E-state index in [2.05, 4.69) is 34.6 Å². The number of H-pyrrole nitrogens is 1. The summed E-state index contributed by atoms with van der Waals surface area (Å²) >= 11 is 1.70. The van der Waals surface area contributed by atoms with Gasteiger partial charge in [0.1, 0.15) is 5.04 Å². The number of ether oxygens (including phenoxy) is 1. The molecule has 3 heterocycles. The summed E-state index contributed by atoms with van der Waals surface area (Å²) in [7, 11) is 0. The van der Waals surface area contributed by atoms with E-state index in [-0.39, 0.29) is 12.5 Å². The molecule has 6 nitrogen and oxygen atoms in total. The fourth-order valence-electron chi connectivity index (χ4n) is 3.45. The Hall–Kier alpha value is -1.99. The Morgan fingerprint density at radius 1 is 1.38 bits per heavy atom. The molecule has 2 aliphatic heterocycles. The summed E-state index contributed by atoms with van der Waals surface area (Å²) in [6.07, 6.45) is 2.83. The number of anilines is 1. The molecule has 26 heavy (non-hydrogen) atoms. The molecular formula is C19H23N3O3S. The smallest absolute Gasteiger partial charge is 0.303 e. The number of aliphatic imine (C=N–C) groups is 1. The first-order chi connectivity index (χ1) is 12.7. The number of carboxylic acids is 1. The monoisotopic (exact) mass is 373 g/mol. The molecule has 138 valence electrons. The lowest BCUT2D eigenvalue weighted by Crippen LogP contribution is -2.27. The van der Waals surface area contributed by atoms with Crippen LogP contribution in [0.5, 0.6) is 0 Å². The van der Waals surface area contributed by atoms with Gasteiger partial charge in [-0.1, -0.05) is 12.1 Å². The van der Waals surface area contributed by atoms with Crippen molar-refractivity contribution in [2.75, 3.05) is 24.3 Å². The fourth-order valence-corrected chi connectivity index (χ4v) is 4.53. The van der Waals surface area contributed by atoms with E-state index in [1.54, 1.807) is 11.8 Å². The molecule has 1 atom stereocenters. The number of rotatable bonds is 6. The zero-order valence-corrected chi connectivity index (χ0v) is 15.3. The molecule has 4 rings (SSSR count). The molecular weight excluding hydrogens is 350 g/mol. The molecule has 1 unspecified atom stereocenters. The molecule has 0 bridgehead atoms. The molecule has 2 aromatic rings. The molecule has 0 aliphatic carbocycles. The van der Waals surface area contributed by atoms with Crippen molar-refractivity contribution in [1.29, 1.82) is 0 Å². The van der Waals surface area contributed by atoms with Crippen molar-refractivity contribution in [3.63, 3.8) is 0 Å². The van der Waals surface area contributed by atoms with Gasteiger partial charge in [0.2, 0.25) is 0 Å². The maximum absolute atomic E-state index is 10.7. The molecule has 1 aromatic carbocycles. The number of para-hydroxylation sites is 1. The van der Waals surface area contributed by atoms with Gasteiger partial charge in [0.05, 0.1) is 22.9 Å². The van der Waals surface area contributed by atoms with Crippen molar-refractivity contribution in [3.8, 4) is 0 Å². The third kappa shape index (κ3) is 3.88. The van der Waals surface area contributed by atoms with Crippen LogP contribution < -0.4 is 5.32 Å². The van der Waals surface area contributed by atoms with Gasteiger partial charge in [-0.2, -0.15) is 0 Å². The van der Waals surface area contributed by atoms with Crippen LogP contribution in [0.1, 0.15) is 31.4 Å². The Morgan fingerprint density at radius 3 is 3.04 bits per heavy atom. The van der Waals surface area contributed by atoms with E-state index in [4.69, 9.17) is 14.8 Å². The van der Waals surface area contributed by atoms with Crippen molar-refractivity contribution in [3.05, 3.63) is 30.0 Å². The van der Waals surface area contributed by atoms with E-state index in [1.165, 1.54) is 0 Å². The van der Waals surface area contributed by atoms with E-state index in [9.17, 15) is 4.79 Å². The van der Waals surface area contributed by atoms with E-state index in [1.807, 2.05) is 0 Å². The van der Waals surface area contributed by atoms with Crippen molar-refractivity contribution >= 4 is 39.4 Å². The van der Waals surface area contributed by atoms with Gasteiger partial charge < -0.3 is 20.1 Å². The molecule has 1 fully saturated rings. The Bertz CT molecular complexity index is 827. The number of aromatic nitrogens is 1. The van der Waals surface area contributed by atoms with Crippen LogP contribution in [0.25, 0.3) is 10.9 Å². The number of nitrogens with one attached hydrogen (secondary N) is 2. The summed E-state index contributed by atoms with van der Waals surface area (Å²) in [6, 6.07) is 8.96. The number of hydrogen-bond donors (Lipinski definition) is 3. The van der Waals surface area contributed by atoms with Gasteiger partial charge in [0.25, 0.3) is 0 Å². The zero-order valence-electron chi connectivity index (χ0n) is 14.5. The Balaban J connectivity index is 1.53. The molecule has 3 N–H and O–H groups in total. The van der Waals surface area contributed by atoms with Gasteiger partial charge in [-0.3, -0.25) is 9.79 Å². The number of fused-ring (bicyclic) bond motifs is 1. The third-order valence-electron chi connectivity index (χ3n) is 4.87. The van der Waals surface area contributed by atoms with Gasteiger partial charge in [-0.05, 0) is 31.4 Å². The highest BCUT2D eigenvalue weighted by Gasteiger charge is 2.22. The maximum Gasteiger partial charge on any atom is 0.303 e. The molecule has 1 aromatic heterocycles. The van der Waals surface area contributed by atoms with E-state index in [0.717, 1.165) is 59.1 Å². The minimum absolute atomic E-state index is 0.0948. The first kappa shape index (κ1) is 17.4. The van der Waals surface area contributed by atoms with Gasteiger partial charge >= 0.3 is 5.97 Å². The van der Waals surface area contributed by atoms with Crippen LogP contribution in [0.15, 0.2) is 29.3 Å². The molecule has 1 saturated heterocycles. The summed E-state index contributed by atoms with van der Waals surface area (Å²) in [6.45, 7) is 1.63. The Labute approximate surface area is 156 Å². The second kappa shape index (κ2) is 7.72. The Morgan fingerprint density at radius 2 is 2.23 bits per heavy atom. The molecule has 0 radical (unpaired) electrons. The van der Waals surface area contributed by atoms with Gasteiger partial charge in [0, 0.05) is 36.8 Å². The highest BCUT2D eigenvalue weighted by atomic mass is 32.2. The van der Waals surface area contributed by atoms with Gasteiger partial charge in [-0.25, -0.2) is 0 Å². The van der Waals surface area contributed by atoms with Crippen LogP contribution in [0.4, 0.5) is 5.69 Å². The molecule has 2 aliphatic rings. The maximum atomic E-state index is 10.7. The number of hydrogen-bond acceptors (Lipinski definition) is 5. The summed E-state index contributed by atoms with van der Waals surface area (Å²) in [5, 5.41) is 14.6. The number of carboxylic acid groups (broad SMARTS) is 1. The summed E-state index contributed by atoms with van der Waals surface area (Å²) in [5.41, 5.74) is 3.24. The number of aliphatic carboxylic acids is 1. The average molecular weight is 373 g/mol. The van der Waals surface area contributed by atoms with Gasteiger partial charge in [0.15, 0.2) is 0 Å². The van der Waals surface area contributed by atoms with Crippen molar-refractivity contribution in [1.82, 2.24) is 4.98 Å². The normalized spacial score (nSPS) is 21.1. The summed E-state index contributed by atoms with van der Waals surface area (Å²) < 4.78 is 5.44. The predicted molar refractivity (Wildman–Crippen MR) is 105 cm³/mol. The fraction of sp³-hybridized carbons (Fsp3) is 0.474. The molecule has 7 heteroatoms. The van der Waals surface area contributed by atoms with Crippen molar-refractivity contribution in [2.45, 2.75) is 37.8 Å². The first-order valence-electron chi connectivity index (χ1n) is 9.08. The lowest BCUT2D eigenvalue weighted by Gasteiger charge is -2.24. The Kier molecular flexibility index (Phi) is 5.17. The minimum atomic E-state index is -0.756. The second-order valence-corrected chi connectivity index (χ2v) is 7.82. The van der Waals surface area contributed by atoms with E-state index < -0.39 is 5.97 Å². The van der Waals surface area contributed by atoms with Crippen LogP contribution in [0, 0.1) is 0 Å².